The van der Waals surface area contributed by atoms with Gasteiger partial charge < -0.3 is 15.2 Å². The standard InChI is InChI=1S/C27H31N5O4S/c33-26-22(30-27(34)29-21-8-2-1-3-9-21)11-12-23-20-14-18(16-32(23)26)15-31(17-20)37(35,36)24-10-4-6-19-7-5-13-28-25(19)24/h4-7,10-13,18,20-21H,1-3,8-9,14-17H2,(H2,29,30,34)/t18-,20+/m0/s1. The molecule has 2 fully saturated rings. The molecule has 1 saturated heterocycles. The van der Waals surface area contributed by atoms with Crippen molar-refractivity contribution in [3.05, 3.63) is 64.7 Å². The molecule has 0 spiro atoms. The second-order valence-corrected chi connectivity index (χ2v) is 12.4. The molecule has 4 heterocycles. The predicted molar refractivity (Wildman–Crippen MR) is 141 cm³/mol. The van der Waals surface area contributed by atoms with E-state index in [1.807, 2.05) is 18.2 Å². The normalized spacial score (nSPS) is 22.4. The Hall–Kier alpha value is -3.24. The van der Waals surface area contributed by atoms with Crippen molar-refractivity contribution >= 4 is 32.6 Å². The molecule has 10 heteroatoms. The molecule has 2 amide bonds. The number of fused-ring (bicyclic) bond motifs is 5. The fourth-order valence-corrected chi connectivity index (χ4v) is 7.93. The van der Waals surface area contributed by atoms with Crippen LogP contribution in [0.25, 0.3) is 10.9 Å². The van der Waals surface area contributed by atoms with Crippen LogP contribution in [0.15, 0.2) is 58.4 Å². The third kappa shape index (κ3) is 4.53. The van der Waals surface area contributed by atoms with Crippen LogP contribution < -0.4 is 16.2 Å². The van der Waals surface area contributed by atoms with Crippen molar-refractivity contribution < 1.29 is 13.2 Å². The van der Waals surface area contributed by atoms with Gasteiger partial charge in [-0.15, -0.1) is 0 Å². The lowest BCUT2D eigenvalue weighted by atomic mass is 9.84. The highest BCUT2D eigenvalue weighted by molar-refractivity contribution is 7.89. The number of piperidine rings is 1. The van der Waals surface area contributed by atoms with Crippen molar-refractivity contribution in [2.45, 2.75) is 61.9 Å². The number of hydrogen-bond donors (Lipinski definition) is 2. The summed E-state index contributed by atoms with van der Waals surface area (Å²) in [5, 5.41) is 6.52. The molecule has 194 valence electrons. The van der Waals surface area contributed by atoms with Crippen molar-refractivity contribution in [1.82, 2.24) is 19.2 Å². The van der Waals surface area contributed by atoms with Crippen LogP contribution in [-0.4, -0.2) is 47.4 Å². The number of urea groups is 1. The molecule has 3 aliphatic rings. The summed E-state index contributed by atoms with van der Waals surface area (Å²) in [4.78, 5) is 30.4. The quantitative estimate of drug-likeness (QED) is 0.544. The first-order valence-electron chi connectivity index (χ1n) is 13.1. The van der Waals surface area contributed by atoms with E-state index in [9.17, 15) is 18.0 Å². The zero-order chi connectivity index (χ0) is 25.6. The maximum absolute atomic E-state index is 13.7. The van der Waals surface area contributed by atoms with E-state index in [1.54, 1.807) is 39.3 Å². The van der Waals surface area contributed by atoms with Gasteiger partial charge >= 0.3 is 6.03 Å². The Morgan fingerprint density at radius 3 is 2.62 bits per heavy atom. The van der Waals surface area contributed by atoms with Gasteiger partial charge in [0, 0.05) is 48.9 Å². The second kappa shape index (κ2) is 9.57. The summed E-state index contributed by atoms with van der Waals surface area (Å²) in [5.41, 5.74) is 1.30. The molecule has 3 aromatic rings. The van der Waals surface area contributed by atoms with Gasteiger partial charge in [0.2, 0.25) is 10.0 Å². The summed E-state index contributed by atoms with van der Waals surface area (Å²) in [6, 6.07) is 12.2. The van der Waals surface area contributed by atoms with E-state index in [-0.39, 0.29) is 40.1 Å². The minimum absolute atomic E-state index is 0.00739. The zero-order valence-electron chi connectivity index (χ0n) is 20.6. The lowest BCUT2D eigenvalue weighted by Gasteiger charge is -2.42. The molecule has 9 nitrogen and oxygen atoms in total. The second-order valence-electron chi connectivity index (χ2n) is 10.5. The minimum Gasteiger partial charge on any atom is -0.335 e. The van der Waals surface area contributed by atoms with E-state index in [0.717, 1.165) is 43.2 Å². The molecule has 2 aliphatic heterocycles. The highest BCUT2D eigenvalue weighted by Crippen LogP contribution is 2.38. The van der Waals surface area contributed by atoms with E-state index in [4.69, 9.17) is 0 Å². The van der Waals surface area contributed by atoms with Crippen molar-refractivity contribution in [2.24, 2.45) is 5.92 Å². The lowest BCUT2D eigenvalue weighted by molar-refractivity contribution is 0.186. The van der Waals surface area contributed by atoms with E-state index < -0.39 is 10.0 Å². The molecule has 1 aromatic carbocycles. The number of amides is 2. The number of para-hydroxylation sites is 1. The maximum atomic E-state index is 13.7. The highest BCUT2D eigenvalue weighted by atomic mass is 32.2. The molecule has 6 rings (SSSR count). The van der Waals surface area contributed by atoms with Gasteiger partial charge in [-0.05, 0) is 49.4 Å². The van der Waals surface area contributed by atoms with Gasteiger partial charge in [-0.2, -0.15) is 4.31 Å². The SMILES string of the molecule is O=C(Nc1ccc2n(c1=O)C[C@H]1C[C@@H]2CN(S(=O)(=O)c2cccc3cccnc23)C1)NC1CCCCC1. The van der Waals surface area contributed by atoms with Gasteiger partial charge in [-0.1, -0.05) is 37.5 Å². The van der Waals surface area contributed by atoms with Crippen LogP contribution in [0, 0.1) is 5.92 Å². The van der Waals surface area contributed by atoms with Crippen LogP contribution in [0.4, 0.5) is 10.5 Å². The molecule has 37 heavy (non-hydrogen) atoms. The number of carbonyl (C=O) groups excluding carboxylic acids is 1. The largest absolute Gasteiger partial charge is 0.335 e. The minimum atomic E-state index is -3.76. The Bertz CT molecular complexity index is 1510. The fraction of sp³-hybridized carbons (Fsp3) is 0.444. The number of rotatable bonds is 4. The van der Waals surface area contributed by atoms with E-state index in [2.05, 4.69) is 15.6 Å². The Morgan fingerprint density at radius 2 is 1.78 bits per heavy atom. The molecule has 2 N–H and O–H groups in total. The number of pyridine rings is 2. The average molecular weight is 522 g/mol. The van der Waals surface area contributed by atoms with Gasteiger partial charge in [0.25, 0.3) is 5.56 Å². The summed E-state index contributed by atoms with van der Waals surface area (Å²) in [6.45, 7) is 1.06. The van der Waals surface area contributed by atoms with Crippen molar-refractivity contribution in [2.75, 3.05) is 18.4 Å². The van der Waals surface area contributed by atoms with Crippen LogP contribution >= 0.6 is 0 Å². The van der Waals surface area contributed by atoms with Gasteiger partial charge in [-0.3, -0.25) is 9.78 Å². The molecule has 2 bridgehead atoms. The Morgan fingerprint density at radius 1 is 0.973 bits per heavy atom. The van der Waals surface area contributed by atoms with Gasteiger partial charge in [0.15, 0.2) is 0 Å². The average Bonchev–Trinajstić information content (AvgIpc) is 2.90. The van der Waals surface area contributed by atoms with Crippen molar-refractivity contribution in [3.8, 4) is 0 Å². The van der Waals surface area contributed by atoms with Crippen LogP contribution in [0.5, 0.6) is 0 Å². The van der Waals surface area contributed by atoms with Crippen LogP contribution in [0.3, 0.4) is 0 Å². The summed E-state index contributed by atoms with van der Waals surface area (Å²) < 4.78 is 30.7. The topological polar surface area (TPSA) is 113 Å². The van der Waals surface area contributed by atoms with Crippen LogP contribution in [0.1, 0.15) is 50.1 Å². The number of hydrogen-bond acceptors (Lipinski definition) is 5. The Labute approximate surface area is 215 Å². The summed E-state index contributed by atoms with van der Waals surface area (Å²) in [5.74, 6) is -0.0870. The first-order chi connectivity index (χ1) is 17.9. The monoisotopic (exact) mass is 521 g/mol. The number of nitrogens with one attached hydrogen (secondary N) is 2. The van der Waals surface area contributed by atoms with Gasteiger partial charge in [0.1, 0.15) is 10.6 Å². The Balaban J connectivity index is 1.23. The third-order valence-corrected chi connectivity index (χ3v) is 9.84. The summed E-state index contributed by atoms with van der Waals surface area (Å²) in [6.07, 6.45) is 7.79. The molecular weight excluding hydrogens is 490 g/mol. The van der Waals surface area contributed by atoms with Crippen LogP contribution in [0.2, 0.25) is 0 Å². The summed E-state index contributed by atoms with van der Waals surface area (Å²) >= 11 is 0. The van der Waals surface area contributed by atoms with Crippen molar-refractivity contribution in [3.63, 3.8) is 0 Å². The number of aromatic nitrogens is 2. The third-order valence-electron chi connectivity index (χ3n) is 7.97. The van der Waals surface area contributed by atoms with Crippen LogP contribution in [-0.2, 0) is 16.6 Å². The fourth-order valence-electron chi connectivity index (χ4n) is 6.21. The molecule has 2 aromatic heterocycles. The Kier molecular flexibility index (Phi) is 6.24. The van der Waals surface area contributed by atoms with E-state index in [0.29, 0.717) is 25.2 Å². The highest BCUT2D eigenvalue weighted by Gasteiger charge is 2.40. The molecule has 1 aliphatic carbocycles. The van der Waals surface area contributed by atoms with E-state index >= 15 is 0 Å². The summed E-state index contributed by atoms with van der Waals surface area (Å²) in [7, 11) is -3.76. The molecular formula is C27H31N5O4S. The number of carbonyl (C=O) groups is 1. The zero-order valence-corrected chi connectivity index (χ0v) is 21.4. The molecule has 0 unspecified atom stereocenters. The molecule has 0 radical (unpaired) electrons. The maximum Gasteiger partial charge on any atom is 0.319 e. The number of anilines is 1. The first kappa shape index (κ1) is 24.1. The lowest BCUT2D eigenvalue weighted by Crippen LogP contribution is -2.49. The van der Waals surface area contributed by atoms with E-state index in [1.165, 1.54) is 6.42 Å². The van der Waals surface area contributed by atoms with Gasteiger partial charge in [-0.25, -0.2) is 13.2 Å². The predicted octanol–water partition coefficient (Wildman–Crippen LogP) is 3.66. The van der Waals surface area contributed by atoms with Gasteiger partial charge in [0.05, 0.1) is 5.52 Å². The number of sulfonamides is 1. The molecule has 1 saturated carbocycles. The number of nitrogens with zero attached hydrogens (tertiary/aromatic N) is 3. The smallest absolute Gasteiger partial charge is 0.319 e. The number of benzene rings is 1. The van der Waals surface area contributed by atoms with Crippen molar-refractivity contribution in [1.29, 1.82) is 0 Å². The molecule has 2 atom stereocenters. The first-order valence-corrected chi connectivity index (χ1v) is 14.5.